The molecule has 6 N–H and O–H groups in total. The molecule has 1 aliphatic carbocycles. The van der Waals surface area contributed by atoms with Crippen LogP contribution >= 0.6 is 0 Å². The average molecular weight is 901 g/mol. The van der Waals surface area contributed by atoms with Crippen LogP contribution in [0.15, 0.2) is 34.9 Å². The maximum atomic E-state index is 13.7. The number of hydrogen-bond donors (Lipinski definition) is 6. The maximum absolute atomic E-state index is 13.7. The second-order valence-electron chi connectivity index (χ2n) is 22.0. The number of aliphatic hydroxyl groups excluding tert-OH is 2. The largest absolute Gasteiger partial charge is 0.468 e. The highest BCUT2D eigenvalue weighted by molar-refractivity contribution is 5.95. The number of aromatic nitrogens is 1. The molecule has 0 amide bonds. The predicted octanol–water partition coefficient (Wildman–Crippen LogP) is 10.9. The van der Waals surface area contributed by atoms with Crippen LogP contribution in [0.1, 0.15) is 181 Å². The van der Waals surface area contributed by atoms with Gasteiger partial charge in [0.25, 0.3) is 0 Å². The number of methoxy groups -OCH3 is 1. The molecule has 8 bridgehead atoms. The van der Waals surface area contributed by atoms with Gasteiger partial charge in [0.15, 0.2) is 0 Å². The van der Waals surface area contributed by atoms with Crippen LogP contribution in [0.25, 0.3) is 11.6 Å². The molecule has 10 heteroatoms. The van der Waals surface area contributed by atoms with Gasteiger partial charge in [0.05, 0.1) is 31.6 Å². The van der Waals surface area contributed by atoms with Gasteiger partial charge in [-0.05, 0) is 86.5 Å². The van der Waals surface area contributed by atoms with Gasteiger partial charge in [-0.3, -0.25) is 9.59 Å². The van der Waals surface area contributed by atoms with E-state index in [2.05, 4.69) is 101 Å². The van der Waals surface area contributed by atoms with E-state index in [1.54, 1.807) is 0 Å². The first-order valence-corrected chi connectivity index (χ1v) is 26.0. The van der Waals surface area contributed by atoms with E-state index in [0.29, 0.717) is 30.1 Å². The topological polar surface area (TPSA) is 145 Å². The lowest BCUT2D eigenvalue weighted by molar-refractivity contribution is -0.146. The Balaban J connectivity index is 1.17. The normalized spacial score (nSPS) is 33.6. The summed E-state index contributed by atoms with van der Waals surface area (Å²) in [5.41, 5.74) is 8.07. The summed E-state index contributed by atoms with van der Waals surface area (Å²) in [4.78, 5) is 30.9. The van der Waals surface area contributed by atoms with Crippen LogP contribution in [-0.2, 0) is 19.1 Å². The minimum absolute atomic E-state index is 0.00874. The molecule has 5 aliphatic rings. The summed E-state index contributed by atoms with van der Waals surface area (Å²) in [6.07, 6.45) is 19.4. The van der Waals surface area contributed by atoms with Gasteiger partial charge in [-0.1, -0.05) is 120 Å². The average Bonchev–Trinajstić information content (AvgIpc) is 4.00. The fourth-order valence-corrected chi connectivity index (χ4v) is 12.3. The van der Waals surface area contributed by atoms with Crippen LogP contribution in [-0.4, -0.2) is 59.0 Å². The van der Waals surface area contributed by atoms with Crippen LogP contribution in [0.4, 0.5) is 0 Å². The van der Waals surface area contributed by atoms with Crippen molar-refractivity contribution in [2.24, 2.45) is 65.1 Å². The third-order valence-corrected chi connectivity index (χ3v) is 16.6. The van der Waals surface area contributed by atoms with Crippen LogP contribution in [0.3, 0.4) is 0 Å². The zero-order valence-corrected chi connectivity index (χ0v) is 42.3. The SMILES string of the molecule is CC[C@H]1/C2=C/c3[nH]c4c(c3C)[C@@H](O)[C@H](C(=O)OC)/C4=C3/N/C(=C\C4N[C@@H](/C=C(\N2)[C@@H]1C)[C@H](C(C)O)[C@@H]4C)[C@@H](C)[C@@H]3CCC(=O)OCCC(C)CCC[C@H](C)CCC[C@H](C)CCCC(C)C. The molecule has 3 fully saturated rings. The molecule has 364 valence electrons. The molecule has 5 heterocycles. The number of aromatic amines is 1. The molecule has 0 aromatic carbocycles. The Kier molecular flexibility index (Phi) is 17.8. The van der Waals surface area contributed by atoms with E-state index in [4.69, 9.17) is 9.47 Å². The van der Waals surface area contributed by atoms with Crippen molar-refractivity contribution in [1.29, 1.82) is 0 Å². The minimum atomic E-state index is -1.10. The molecule has 0 radical (unpaired) electrons. The zero-order valence-electron chi connectivity index (χ0n) is 42.3. The summed E-state index contributed by atoms with van der Waals surface area (Å²) in [5.74, 6) is 1.69. The molecule has 3 saturated heterocycles. The molecule has 1 aromatic heterocycles. The highest BCUT2D eigenvalue weighted by Crippen LogP contribution is 2.53. The first kappa shape index (κ1) is 51.1. The standard InChI is InChI=1S/C55H88N4O6/c1-13-39-34(7)41-29-46-48(38(11)60)36(9)43(57-46)27-42-35(8)40(52(58-42)50-51(55(63)64-12)54(62)49-37(10)44(59-53(49)50)28-45(39)56-41)23-24-47(61)65-26-25-33(6)22-16-21-32(5)20-15-19-31(4)18-14-17-30(2)3/h27-36,38-40,43,46,48,51,54,56-60,62H,13-26H2,1-12H3/b41-29-,42-27-,45-28-,52-50-/t31-,32-,33?,34-,35+,36-,38?,39-,40+,43?,46+,48+,51-,54-/m1/s1. The van der Waals surface area contributed by atoms with Crippen molar-refractivity contribution in [2.45, 2.75) is 184 Å². The molecule has 10 nitrogen and oxygen atoms in total. The Morgan fingerprint density at radius 3 is 1.97 bits per heavy atom. The van der Waals surface area contributed by atoms with Crippen LogP contribution in [0, 0.1) is 72.0 Å². The Bertz CT molecular complexity index is 1920. The second-order valence-corrected chi connectivity index (χ2v) is 22.0. The third kappa shape index (κ3) is 11.7. The van der Waals surface area contributed by atoms with Gasteiger partial charge in [-0.15, -0.1) is 0 Å². The van der Waals surface area contributed by atoms with E-state index in [-0.39, 0.29) is 60.0 Å². The molecular formula is C55H88N4O6. The van der Waals surface area contributed by atoms with Gasteiger partial charge in [0.1, 0.15) is 5.92 Å². The second kappa shape index (κ2) is 22.6. The molecule has 3 unspecified atom stereocenters. The highest BCUT2D eigenvalue weighted by atomic mass is 16.5. The number of fused-ring (bicyclic) bond motifs is 7. The van der Waals surface area contributed by atoms with E-state index in [9.17, 15) is 19.8 Å². The van der Waals surface area contributed by atoms with Gasteiger partial charge >= 0.3 is 11.9 Å². The number of ether oxygens (including phenoxy) is 2. The molecular weight excluding hydrogens is 813 g/mol. The Hall–Kier alpha value is -3.34. The number of esters is 2. The smallest absolute Gasteiger partial charge is 0.316 e. The molecule has 6 rings (SSSR count). The van der Waals surface area contributed by atoms with E-state index in [1.807, 2.05) is 13.8 Å². The fourth-order valence-electron chi connectivity index (χ4n) is 12.3. The van der Waals surface area contributed by atoms with Crippen molar-refractivity contribution in [3.8, 4) is 0 Å². The van der Waals surface area contributed by atoms with Crippen LogP contribution < -0.4 is 16.0 Å². The molecule has 14 atom stereocenters. The number of nitrogens with one attached hydrogen (secondary N) is 4. The number of H-pyrrole nitrogens is 1. The molecule has 4 aliphatic heterocycles. The quantitative estimate of drug-likeness (QED) is 0.0664. The molecule has 0 saturated carbocycles. The third-order valence-electron chi connectivity index (χ3n) is 16.6. The number of hydrogen-bond acceptors (Lipinski definition) is 9. The molecule has 1 aromatic rings. The maximum Gasteiger partial charge on any atom is 0.316 e. The number of carbonyl (C=O) groups is 2. The summed E-state index contributed by atoms with van der Waals surface area (Å²) in [6.45, 7) is 25.0. The lowest BCUT2D eigenvalue weighted by Gasteiger charge is -2.24. The highest BCUT2D eigenvalue weighted by Gasteiger charge is 2.50. The van der Waals surface area contributed by atoms with Gasteiger partial charge in [-0.2, -0.15) is 0 Å². The van der Waals surface area contributed by atoms with Crippen molar-refractivity contribution >= 4 is 23.6 Å². The molecule has 65 heavy (non-hydrogen) atoms. The van der Waals surface area contributed by atoms with E-state index in [0.717, 1.165) is 76.8 Å². The van der Waals surface area contributed by atoms with Crippen molar-refractivity contribution in [3.63, 3.8) is 0 Å². The van der Waals surface area contributed by atoms with Gasteiger partial charge < -0.3 is 40.6 Å². The fraction of sp³-hybridized carbons (Fsp3) is 0.745. The number of carbonyl (C=O) groups excluding carboxylic acids is 2. The predicted molar refractivity (Wildman–Crippen MR) is 263 cm³/mol. The number of allylic oxidation sites excluding steroid dienone is 4. The Morgan fingerprint density at radius 2 is 1.37 bits per heavy atom. The van der Waals surface area contributed by atoms with Crippen molar-refractivity contribution in [1.82, 2.24) is 20.9 Å². The Morgan fingerprint density at radius 1 is 0.785 bits per heavy atom. The number of rotatable bonds is 21. The van der Waals surface area contributed by atoms with Crippen LogP contribution in [0.5, 0.6) is 0 Å². The monoisotopic (exact) mass is 901 g/mol. The van der Waals surface area contributed by atoms with Gasteiger partial charge in [-0.25, -0.2) is 0 Å². The number of aliphatic hydroxyl groups is 2. The Labute approximate surface area is 392 Å². The van der Waals surface area contributed by atoms with Crippen molar-refractivity contribution in [3.05, 3.63) is 57.5 Å². The molecule has 0 spiro atoms. The summed E-state index contributed by atoms with van der Waals surface area (Å²) in [6, 6.07) is -0.0846. The summed E-state index contributed by atoms with van der Waals surface area (Å²) in [5, 5.41) is 34.7. The van der Waals surface area contributed by atoms with Crippen molar-refractivity contribution < 1.29 is 29.3 Å². The van der Waals surface area contributed by atoms with E-state index >= 15 is 0 Å². The summed E-state index contributed by atoms with van der Waals surface area (Å²) in [7, 11) is 1.37. The van der Waals surface area contributed by atoms with Crippen molar-refractivity contribution in [2.75, 3.05) is 13.7 Å². The first-order valence-electron chi connectivity index (χ1n) is 26.0. The minimum Gasteiger partial charge on any atom is -0.468 e. The summed E-state index contributed by atoms with van der Waals surface area (Å²) >= 11 is 0. The van der Waals surface area contributed by atoms with Gasteiger partial charge in [0, 0.05) is 87.7 Å². The lowest BCUT2D eigenvalue weighted by atomic mass is 9.82. The van der Waals surface area contributed by atoms with Crippen LogP contribution in [0.2, 0.25) is 0 Å². The van der Waals surface area contributed by atoms with Gasteiger partial charge in [0.2, 0.25) is 0 Å². The van der Waals surface area contributed by atoms with E-state index < -0.39 is 24.1 Å². The van der Waals surface area contributed by atoms with E-state index in [1.165, 1.54) is 58.5 Å². The lowest BCUT2D eigenvalue weighted by Crippen LogP contribution is -2.34. The zero-order chi connectivity index (χ0) is 47.3. The first-order chi connectivity index (χ1) is 30.9. The summed E-state index contributed by atoms with van der Waals surface area (Å²) < 4.78 is 11.3.